The number of benzene rings is 1. The molecule has 1 unspecified atom stereocenters. The molecule has 1 fully saturated rings. The molecule has 1 aliphatic carbocycles. The highest BCUT2D eigenvalue weighted by Gasteiger charge is 2.26. The van der Waals surface area contributed by atoms with Crippen molar-refractivity contribution in [2.24, 2.45) is 0 Å². The van der Waals surface area contributed by atoms with Crippen LogP contribution >= 0.6 is 0 Å². The highest BCUT2D eigenvalue weighted by Crippen LogP contribution is 2.26. The van der Waals surface area contributed by atoms with Gasteiger partial charge in [-0.05, 0) is 38.3 Å². The lowest BCUT2D eigenvalue weighted by atomic mass is 10.2. The van der Waals surface area contributed by atoms with Crippen molar-refractivity contribution in [3.63, 3.8) is 0 Å². The van der Waals surface area contributed by atoms with Crippen molar-refractivity contribution in [3.8, 4) is 11.5 Å². The van der Waals surface area contributed by atoms with Gasteiger partial charge in [0.2, 0.25) is 0 Å². The lowest BCUT2D eigenvalue weighted by Crippen LogP contribution is -2.37. The van der Waals surface area contributed by atoms with E-state index >= 15 is 0 Å². The van der Waals surface area contributed by atoms with Gasteiger partial charge >= 0.3 is 0 Å². The molecule has 116 valence electrons. The van der Waals surface area contributed by atoms with Gasteiger partial charge in [-0.1, -0.05) is 6.92 Å². The third-order valence-corrected chi connectivity index (χ3v) is 3.28. The summed E-state index contributed by atoms with van der Waals surface area (Å²) in [6, 6.07) is 5.58. The minimum absolute atomic E-state index is 0.124. The average molecular weight is 293 g/mol. The number of aliphatic hydroxyl groups is 1. The molecule has 1 aromatic rings. The summed E-state index contributed by atoms with van der Waals surface area (Å²) in [6.07, 6.45) is 2.40. The molecule has 0 bridgehead atoms. The number of ether oxygens (including phenoxy) is 2. The van der Waals surface area contributed by atoms with E-state index in [1.165, 1.54) is 0 Å². The number of carbonyl (C=O) groups is 1. The molecule has 0 aromatic heterocycles. The average Bonchev–Trinajstić information content (AvgIpc) is 3.29. The summed E-state index contributed by atoms with van der Waals surface area (Å²) >= 11 is 0. The van der Waals surface area contributed by atoms with Crippen molar-refractivity contribution < 1.29 is 19.4 Å². The molecule has 1 saturated carbocycles. The van der Waals surface area contributed by atoms with Crippen molar-refractivity contribution in [3.05, 3.63) is 23.8 Å². The Balaban J connectivity index is 2.02. The first-order chi connectivity index (χ1) is 10.1. The number of carbonyl (C=O) groups excluding carboxylic acids is 1. The second kappa shape index (κ2) is 7.31. The van der Waals surface area contributed by atoms with Gasteiger partial charge in [-0.2, -0.15) is 0 Å². The summed E-state index contributed by atoms with van der Waals surface area (Å²) in [7, 11) is 0. The summed E-state index contributed by atoms with van der Waals surface area (Å²) in [6.45, 7) is 4.22. The zero-order chi connectivity index (χ0) is 15.2. The molecular formula is C16H23NO4. The standard InChI is InChI=1S/C16H23NO4/c1-3-8-20-14-7-4-12(10-18)15(9-14)21-11(2)16(19)17-13-5-6-13/h4,7,9,11,13,18H,3,5-6,8,10H2,1-2H3,(H,17,19). The Hall–Kier alpha value is -1.75. The molecule has 21 heavy (non-hydrogen) atoms. The van der Waals surface area contributed by atoms with E-state index < -0.39 is 6.10 Å². The molecule has 0 spiro atoms. The molecule has 5 nitrogen and oxygen atoms in total. The highest BCUT2D eigenvalue weighted by molar-refractivity contribution is 5.81. The molecule has 2 rings (SSSR count). The zero-order valence-corrected chi connectivity index (χ0v) is 12.6. The SMILES string of the molecule is CCCOc1ccc(CO)c(OC(C)C(=O)NC2CC2)c1. The van der Waals surface area contributed by atoms with E-state index in [2.05, 4.69) is 5.32 Å². The summed E-state index contributed by atoms with van der Waals surface area (Å²) in [5, 5.41) is 12.3. The molecule has 0 aliphatic heterocycles. The Labute approximate surface area is 125 Å². The number of amides is 1. The predicted octanol–water partition coefficient (Wildman–Crippen LogP) is 2.01. The predicted molar refractivity (Wildman–Crippen MR) is 79.4 cm³/mol. The van der Waals surface area contributed by atoms with E-state index in [1.54, 1.807) is 25.1 Å². The first-order valence-electron chi connectivity index (χ1n) is 7.47. The summed E-state index contributed by atoms with van der Waals surface area (Å²) in [4.78, 5) is 11.9. The number of nitrogens with one attached hydrogen (secondary N) is 1. The molecule has 0 heterocycles. The van der Waals surface area contributed by atoms with E-state index in [0.29, 0.717) is 29.7 Å². The van der Waals surface area contributed by atoms with E-state index in [0.717, 1.165) is 19.3 Å². The van der Waals surface area contributed by atoms with Crippen LogP contribution in [0.3, 0.4) is 0 Å². The van der Waals surface area contributed by atoms with Gasteiger partial charge in [0.1, 0.15) is 11.5 Å². The maximum atomic E-state index is 11.9. The van der Waals surface area contributed by atoms with Gasteiger partial charge < -0.3 is 19.9 Å². The van der Waals surface area contributed by atoms with Crippen LogP contribution in [0, 0.1) is 0 Å². The van der Waals surface area contributed by atoms with Crippen LogP contribution in [0.1, 0.15) is 38.7 Å². The molecule has 1 aliphatic rings. The van der Waals surface area contributed by atoms with Gasteiger partial charge in [-0.3, -0.25) is 4.79 Å². The summed E-state index contributed by atoms with van der Waals surface area (Å²) < 4.78 is 11.2. The van der Waals surface area contributed by atoms with Crippen LogP contribution in [-0.4, -0.2) is 29.8 Å². The number of rotatable bonds is 8. The minimum Gasteiger partial charge on any atom is -0.493 e. The molecule has 5 heteroatoms. The fraction of sp³-hybridized carbons (Fsp3) is 0.562. The zero-order valence-electron chi connectivity index (χ0n) is 12.6. The number of hydrogen-bond donors (Lipinski definition) is 2. The maximum absolute atomic E-state index is 11.9. The lowest BCUT2D eigenvalue weighted by Gasteiger charge is -2.17. The van der Waals surface area contributed by atoms with E-state index in [1.807, 2.05) is 6.92 Å². The molecule has 1 aromatic carbocycles. The van der Waals surface area contributed by atoms with Crippen LogP contribution in [0.25, 0.3) is 0 Å². The Morgan fingerprint density at radius 1 is 1.48 bits per heavy atom. The van der Waals surface area contributed by atoms with E-state index in [-0.39, 0.29) is 12.5 Å². The van der Waals surface area contributed by atoms with Crippen molar-refractivity contribution in [2.45, 2.75) is 51.9 Å². The monoisotopic (exact) mass is 293 g/mol. The van der Waals surface area contributed by atoms with Crippen LogP contribution in [0.4, 0.5) is 0 Å². The Morgan fingerprint density at radius 2 is 2.24 bits per heavy atom. The van der Waals surface area contributed by atoms with E-state index in [9.17, 15) is 9.90 Å². The van der Waals surface area contributed by atoms with Gasteiger partial charge in [-0.15, -0.1) is 0 Å². The fourth-order valence-electron chi connectivity index (χ4n) is 1.88. The smallest absolute Gasteiger partial charge is 0.260 e. The largest absolute Gasteiger partial charge is 0.493 e. The molecule has 1 amide bonds. The van der Waals surface area contributed by atoms with Crippen molar-refractivity contribution >= 4 is 5.91 Å². The molecular weight excluding hydrogens is 270 g/mol. The number of hydrogen-bond acceptors (Lipinski definition) is 4. The third-order valence-electron chi connectivity index (χ3n) is 3.28. The van der Waals surface area contributed by atoms with Crippen molar-refractivity contribution in [2.75, 3.05) is 6.61 Å². The maximum Gasteiger partial charge on any atom is 0.260 e. The van der Waals surface area contributed by atoms with Crippen LogP contribution < -0.4 is 14.8 Å². The molecule has 0 radical (unpaired) electrons. The second-order valence-electron chi connectivity index (χ2n) is 5.32. The normalized spacial score (nSPS) is 15.4. The van der Waals surface area contributed by atoms with Crippen molar-refractivity contribution in [1.82, 2.24) is 5.32 Å². The second-order valence-corrected chi connectivity index (χ2v) is 5.32. The van der Waals surface area contributed by atoms with Gasteiger partial charge in [-0.25, -0.2) is 0 Å². The molecule has 2 N–H and O–H groups in total. The topological polar surface area (TPSA) is 67.8 Å². The molecule has 1 atom stereocenters. The summed E-state index contributed by atoms with van der Waals surface area (Å²) in [5.74, 6) is 1.05. The van der Waals surface area contributed by atoms with Crippen LogP contribution in [0.5, 0.6) is 11.5 Å². The Bertz CT molecular complexity index is 485. The lowest BCUT2D eigenvalue weighted by molar-refractivity contribution is -0.127. The Morgan fingerprint density at radius 3 is 2.86 bits per heavy atom. The third kappa shape index (κ3) is 4.63. The van der Waals surface area contributed by atoms with E-state index in [4.69, 9.17) is 9.47 Å². The minimum atomic E-state index is -0.600. The molecule has 0 saturated heterocycles. The fourth-order valence-corrected chi connectivity index (χ4v) is 1.88. The van der Waals surface area contributed by atoms with Gasteiger partial charge in [0.15, 0.2) is 6.10 Å². The summed E-state index contributed by atoms with van der Waals surface area (Å²) in [5.41, 5.74) is 0.643. The van der Waals surface area contributed by atoms with Gasteiger partial charge in [0, 0.05) is 17.7 Å². The van der Waals surface area contributed by atoms with Gasteiger partial charge in [0.25, 0.3) is 5.91 Å². The van der Waals surface area contributed by atoms with Crippen molar-refractivity contribution in [1.29, 1.82) is 0 Å². The highest BCUT2D eigenvalue weighted by atomic mass is 16.5. The van der Waals surface area contributed by atoms with Crippen LogP contribution in [-0.2, 0) is 11.4 Å². The van der Waals surface area contributed by atoms with Gasteiger partial charge in [0.05, 0.1) is 13.2 Å². The quantitative estimate of drug-likeness (QED) is 0.769. The van der Waals surface area contributed by atoms with Crippen LogP contribution in [0.2, 0.25) is 0 Å². The first-order valence-corrected chi connectivity index (χ1v) is 7.47. The van der Waals surface area contributed by atoms with Crippen LogP contribution in [0.15, 0.2) is 18.2 Å². The first kappa shape index (κ1) is 15.6. The number of aliphatic hydroxyl groups excluding tert-OH is 1. The Kier molecular flexibility index (Phi) is 5.44.